The Morgan fingerprint density at radius 1 is 1.21 bits per heavy atom. The number of nitrogens with zero attached hydrogens (tertiary/aromatic N) is 8. The Kier molecular flexibility index (Phi) is 7.19. The molecule has 12 nitrogen and oxygen atoms in total. The van der Waals surface area contributed by atoms with E-state index in [1.165, 1.54) is 16.7 Å². The number of halogens is 2. The number of pyridine rings is 1. The summed E-state index contributed by atoms with van der Waals surface area (Å²) in [6.07, 6.45) is 0.943. The Hall–Kier alpha value is -3.26. The number of fused-ring (bicyclic) bond motifs is 1. The van der Waals surface area contributed by atoms with Crippen LogP contribution in [0.5, 0.6) is 0 Å². The molecule has 3 fully saturated rings. The summed E-state index contributed by atoms with van der Waals surface area (Å²) in [6, 6.07) is 3.84. The largest absolute Gasteiger partial charge is 0.366 e. The molecule has 16 heteroatoms. The third-order valence-corrected chi connectivity index (χ3v) is 10.7. The molecule has 0 unspecified atom stereocenters. The maximum absolute atomic E-state index is 13.5. The second kappa shape index (κ2) is 10.5. The number of likely N-dealkylation sites (tertiary alicyclic amines) is 1. The van der Waals surface area contributed by atoms with Gasteiger partial charge >= 0.3 is 0 Å². The molecule has 0 spiro atoms. The number of anilines is 1. The summed E-state index contributed by atoms with van der Waals surface area (Å²) in [5.41, 5.74) is -0.0205. The topological polar surface area (TPSA) is 140 Å². The van der Waals surface area contributed by atoms with Crippen LogP contribution in [0.2, 0.25) is 0 Å². The quantitative estimate of drug-likeness (QED) is 0.403. The van der Waals surface area contributed by atoms with Crippen LogP contribution in [-0.2, 0) is 14.8 Å². The molecule has 0 bridgehead atoms. The van der Waals surface area contributed by atoms with Crippen LogP contribution in [-0.4, -0.2) is 94.1 Å². The Bertz CT molecular complexity index is 1670. The maximum Gasteiger partial charge on any atom is 0.291 e. The van der Waals surface area contributed by atoms with Gasteiger partial charge in [0.05, 0.1) is 29.4 Å². The third-order valence-electron chi connectivity index (χ3n) is 8.26. The van der Waals surface area contributed by atoms with Gasteiger partial charge in [-0.2, -0.15) is 9.98 Å². The van der Waals surface area contributed by atoms with Gasteiger partial charge in [0.2, 0.25) is 15.9 Å². The number of hydrogen-bond donors (Lipinski definition) is 1. The summed E-state index contributed by atoms with van der Waals surface area (Å²) < 4.78 is 57.5. The summed E-state index contributed by atoms with van der Waals surface area (Å²) in [4.78, 5) is 23.7. The average Bonchev–Trinajstić information content (AvgIpc) is 3.30. The Balaban J connectivity index is 1.34. The van der Waals surface area contributed by atoms with E-state index >= 15 is 0 Å². The molecule has 1 aliphatic carbocycles. The molecule has 3 aromatic rings. The molecule has 1 atom stereocenters. The van der Waals surface area contributed by atoms with Crippen molar-refractivity contribution in [3.05, 3.63) is 23.5 Å². The summed E-state index contributed by atoms with van der Waals surface area (Å²) >= 11 is 0.683. The van der Waals surface area contributed by atoms with Gasteiger partial charge in [-0.15, -0.1) is 10.2 Å². The van der Waals surface area contributed by atoms with Gasteiger partial charge in [0.15, 0.2) is 15.8 Å². The van der Waals surface area contributed by atoms with Crippen molar-refractivity contribution in [2.75, 3.05) is 37.6 Å². The molecule has 1 amide bonds. The number of hydrogen-bond acceptors (Lipinski definition) is 10. The predicted molar refractivity (Wildman–Crippen MR) is 151 cm³/mol. The summed E-state index contributed by atoms with van der Waals surface area (Å²) in [5, 5.41) is 16.6. The van der Waals surface area contributed by atoms with Crippen molar-refractivity contribution in [3.63, 3.8) is 0 Å². The number of piperazine rings is 1. The lowest BCUT2D eigenvalue weighted by molar-refractivity contribution is -0.144. The highest BCUT2D eigenvalue weighted by Gasteiger charge is 2.47. The van der Waals surface area contributed by atoms with E-state index in [0.29, 0.717) is 61.1 Å². The van der Waals surface area contributed by atoms with Crippen LogP contribution in [0, 0.1) is 17.2 Å². The molecular formula is C26H31F2N9O3S2. The Labute approximate surface area is 246 Å². The molecule has 0 radical (unpaired) electrons. The number of rotatable bonds is 8. The van der Waals surface area contributed by atoms with Crippen molar-refractivity contribution in [1.82, 2.24) is 34.1 Å². The Morgan fingerprint density at radius 2 is 1.95 bits per heavy atom. The van der Waals surface area contributed by atoms with E-state index in [9.17, 15) is 27.3 Å². The molecule has 0 aromatic carbocycles. The number of nitrogens with one attached hydrogen (secondary N) is 1. The van der Waals surface area contributed by atoms with Crippen molar-refractivity contribution in [3.8, 4) is 16.9 Å². The van der Waals surface area contributed by atoms with Gasteiger partial charge in [-0.25, -0.2) is 22.2 Å². The summed E-state index contributed by atoms with van der Waals surface area (Å²) in [6.45, 7) is 9.07. The highest BCUT2D eigenvalue weighted by molar-refractivity contribution is 7.89. The fourth-order valence-corrected chi connectivity index (χ4v) is 7.62. The van der Waals surface area contributed by atoms with Gasteiger partial charge in [0.1, 0.15) is 10.4 Å². The van der Waals surface area contributed by atoms with Crippen molar-refractivity contribution >= 4 is 38.5 Å². The van der Waals surface area contributed by atoms with Gasteiger partial charge in [-0.3, -0.25) is 14.1 Å². The zero-order chi connectivity index (χ0) is 30.0. The predicted octanol–water partition coefficient (Wildman–Crippen LogP) is 2.50. The molecule has 6 rings (SSSR count). The molecular weight excluding hydrogens is 588 g/mol. The average molecular weight is 620 g/mol. The molecule has 42 heavy (non-hydrogen) atoms. The normalized spacial score (nSPS) is 21.2. The molecule has 1 saturated carbocycles. The molecule has 2 saturated heterocycles. The minimum absolute atomic E-state index is 0.0232. The summed E-state index contributed by atoms with van der Waals surface area (Å²) in [5.74, 6) is 0.286. The standard InChI is InChI=1S/C26H31F2N9O3S2/c1-15(2)35-11-17(12-35)25(38)36-7-6-34(10-16(36)3)19-8-18(42(39,40)33-26(14-29)4-5-26)13-37-20(19)9-30-22(37)24-32-31-23(41-24)21(27)28/h8-9,13,15-17,21,33H,4-7,10-12H2,1-3H3/t16-/m1/s1. The van der Waals surface area contributed by atoms with E-state index in [2.05, 4.69) is 38.7 Å². The number of alkyl halides is 2. The van der Waals surface area contributed by atoms with Crippen LogP contribution in [0.25, 0.3) is 16.3 Å². The number of nitriles is 1. The lowest BCUT2D eigenvalue weighted by atomic mass is 9.95. The molecule has 3 aromatic heterocycles. The fraction of sp³-hybridized carbons (Fsp3) is 0.577. The number of imidazole rings is 1. The fourth-order valence-electron chi connectivity index (χ4n) is 5.53. The van der Waals surface area contributed by atoms with Crippen LogP contribution in [0.3, 0.4) is 0 Å². The molecule has 224 valence electrons. The highest BCUT2D eigenvalue weighted by atomic mass is 32.2. The first-order chi connectivity index (χ1) is 19.9. The van der Waals surface area contributed by atoms with E-state index in [0.717, 1.165) is 13.1 Å². The minimum atomic E-state index is -4.13. The van der Waals surface area contributed by atoms with E-state index in [-0.39, 0.29) is 33.6 Å². The zero-order valence-corrected chi connectivity index (χ0v) is 25.0. The monoisotopic (exact) mass is 619 g/mol. The molecule has 5 heterocycles. The van der Waals surface area contributed by atoms with Crippen molar-refractivity contribution in [2.24, 2.45) is 5.92 Å². The molecule has 2 aliphatic heterocycles. The van der Waals surface area contributed by atoms with Crippen LogP contribution in [0.1, 0.15) is 45.0 Å². The van der Waals surface area contributed by atoms with E-state index < -0.39 is 27.0 Å². The second-order valence-electron chi connectivity index (χ2n) is 11.5. The van der Waals surface area contributed by atoms with Crippen molar-refractivity contribution < 1.29 is 22.0 Å². The Morgan fingerprint density at radius 3 is 2.55 bits per heavy atom. The van der Waals surface area contributed by atoms with Crippen LogP contribution in [0.4, 0.5) is 14.5 Å². The third kappa shape index (κ3) is 5.12. The first-order valence-electron chi connectivity index (χ1n) is 13.8. The highest BCUT2D eigenvalue weighted by Crippen LogP contribution is 2.38. The van der Waals surface area contributed by atoms with Gasteiger partial charge in [-0.1, -0.05) is 11.3 Å². The number of carbonyl (C=O) groups excluding carboxylic acids is 1. The zero-order valence-electron chi connectivity index (χ0n) is 23.4. The van der Waals surface area contributed by atoms with Crippen LogP contribution in [0.15, 0.2) is 23.4 Å². The van der Waals surface area contributed by atoms with Crippen LogP contribution < -0.4 is 9.62 Å². The second-order valence-corrected chi connectivity index (χ2v) is 14.2. The van der Waals surface area contributed by atoms with E-state index in [1.807, 2.05) is 22.8 Å². The number of amides is 1. The van der Waals surface area contributed by atoms with E-state index in [1.54, 1.807) is 6.20 Å². The SMILES string of the molecule is CC(C)N1CC(C(=O)N2CCN(c3cc(S(=O)(=O)NC4(C#N)CC4)cn4c(-c5nnc(C(F)F)s5)ncc34)C[C@H]2C)C1. The summed E-state index contributed by atoms with van der Waals surface area (Å²) in [7, 11) is -4.13. The first kappa shape index (κ1) is 28.8. The van der Waals surface area contributed by atoms with E-state index in [4.69, 9.17) is 0 Å². The number of sulfonamides is 1. The van der Waals surface area contributed by atoms with Crippen molar-refractivity contribution in [1.29, 1.82) is 5.26 Å². The van der Waals surface area contributed by atoms with Gasteiger partial charge < -0.3 is 9.80 Å². The van der Waals surface area contributed by atoms with Crippen LogP contribution >= 0.6 is 11.3 Å². The lowest BCUT2D eigenvalue weighted by Gasteiger charge is -2.47. The maximum atomic E-state index is 13.5. The molecule has 1 N–H and O–H groups in total. The lowest BCUT2D eigenvalue weighted by Crippen LogP contribution is -2.61. The minimum Gasteiger partial charge on any atom is -0.366 e. The smallest absolute Gasteiger partial charge is 0.291 e. The number of carbonyl (C=O) groups is 1. The van der Waals surface area contributed by atoms with Gasteiger partial charge in [0.25, 0.3) is 6.43 Å². The molecule has 3 aliphatic rings. The van der Waals surface area contributed by atoms with Gasteiger partial charge in [-0.05, 0) is 39.7 Å². The van der Waals surface area contributed by atoms with Crippen molar-refractivity contribution in [2.45, 2.75) is 62.6 Å². The number of aromatic nitrogens is 4. The van der Waals surface area contributed by atoms with Gasteiger partial charge in [0, 0.05) is 51.0 Å². The first-order valence-corrected chi connectivity index (χ1v) is 16.1.